The maximum Gasteiger partial charge on any atom is 0.132 e. The van der Waals surface area contributed by atoms with Crippen LogP contribution >= 0.6 is 0 Å². The Bertz CT molecular complexity index is 830. The monoisotopic (exact) mass is 317 g/mol. The van der Waals surface area contributed by atoms with Gasteiger partial charge in [-0.2, -0.15) is 5.10 Å². The fraction of sp³-hybridized carbons (Fsp3) is 0.235. The zero-order valence-electron chi connectivity index (χ0n) is 12.6. The lowest BCUT2D eigenvalue weighted by atomic mass is 9.95. The van der Waals surface area contributed by atoms with E-state index in [-0.39, 0.29) is 12.1 Å². The quantitative estimate of drug-likeness (QED) is 0.678. The molecule has 0 radical (unpaired) electrons. The lowest BCUT2D eigenvalue weighted by Gasteiger charge is -2.25. The van der Waals surface area contributed by atoms with E-state index in [1.165, 1.54) is 13.0 Å². The number of benzene rings is 2. The number of hydrogen-bond acceptors (Lipinski definition) is 3. The molecule has 4 nitrogen and oxygen atoms in total. The van der Waals surface area contributed by atoms with E-state index < -0.39 is 17.2 Å². The van der Waals surface area contributed by atoms with E-state index >= 15 is 0 Å². The molecule has 6 heteroatoms. The van der Waals surface area contributed by atoms with Crippen molar-refractivity contribution in [2.24, 2.45) is 0 Å². The van der Waals surface area contributed by atoms with Crippen molar-refractivity contribution in [1.29, 1.82) is 0 Å². The van der Waals surface area contributed by atoms with Crippen molar-refractivity contribution in [2.75, 3.05) is 6.54 Å². The summed E-state index contributed by atoms with van der Waals surface area (Å²) in [5, 5.41) is 21.4. The summed E-state index contributed by atoms with van der Waals surface area (Å²) in [7, 11) is 0. The van der Waals surface area contributed by atoms with Gasteiger partial charge >= 0.3 is 0 Å². The SMILES string of the molecule is CC(O)(CNCc1ccc2cn[nH]c2c1)c1ccc(F)cc1F. The van der Waals surface area contributed by atoms with Gasteiger partial charge in [0.15, 0.2) is 0 Å². The van der Waals surface area contributed by atoms with Crippen LogP contribution in [-0.4, -0.2) is 21.8 Å². The maximum atomic E-state index is 13.8. The fourth-order valence-electron chi connectivity index (χ4n) is 2.57. The smallest absolute Gasteiger partial charge is 0.132 e. The summed E-state index contributed by atoms with van der Waals surface area (Å²) in [6, 6.07) is 9.05. The molecule has 1 unspecified atom stereocenters. The van der Waals surface area contributed by atoms with E-state index in [1.807, 2.05) is 18.2 Å². The van der Waals surface area contributed by atoms with E-state index in [1.54, 1.807) is 6.20 Å². The molecule has 1 aromatic heterocycles. The highest BCUT2D eigenvalue weighted by Gasteiger charge is 2.26. The maximum absolute atomic E-state index is 13.8. The van der Waals surface area contributed by atoms with Crippen LogP contribution < -0.4 is 5.32 Å². The van der Waals surface area contributed by atoms with E-state index in [2.05, 4.69) is 15.5 Å². The van der Waals surface area contributed by atoms with Gasteiger partial charge in [0.2, 0.25) is 0 Å². The average molecular weight is 317 g/mol. The third kappa shape index (κ3) is 3.38. The number of halogens is 2. The van der Waals surface area contributed by atoms with Gasteiger partial charge in [-0.15, -0.1) is 0 Å². The van der Waals surface area contributed by atoms with Crippen LogP contribution in [0.15, 0.2) is 42.6 Å². The topological polar surface area (TPSA) is 60.9 Å². The van der Waals surface area contributed by atoms with Crippen LogP contribution in [0.3, 0.4) is 0 Å². The van der Waals surface area contributed by atoms with Gasteiger partial charge < -0.3 is 10.4 Å². The molecule has 1 heterocycles. The third-order valence-electron chi connectivity index (χ3n) is 3.82. The Morgan fingerprint density at radius 1 is 1.22 bits per heavy atom. The molecule has 3 N–H and O–H groups in total. The zero-order chi connectivity index (χ0) is 16.4. The normalized spacial score (nSPS) is 14.1. The highest BCUT2D eigenvalue weighted by Crippen LogP contribution is 2.23. The molecule has 0 bridgehead atoms. The highest BCUT2D eigenvalue weighted by atomic mass is 19.1. The Kier molecular flexibility index (Phi) is 4.11. The predicted molar refractivity (Wildman–Crippen MR) is 83.7 cm³/mol. The first-order chi connectivity index (χ1) is 11.0. The zero-order valence-corrected chi connectivity index (χ0v) is 12.6. The van der Waals surface area contributed by atoms with Crippen LogP contribution in [0.5, 0.6) is 0 Å². The van der Waals surface area contributed by atoms with E-state index in [0.29, 0.717) is 6.54 Å². The minimum atomic E-state index is -1.43. The summed E-state index contributed by atoms with van der Waals surface area (Å²) >= 11 is 0. The van der Waals surface area contributed by atoms with Crippen LogP contribution in [-0.2, 0) is 12.1 Å². The largest absolute Gasteiger partial charge is 0.384 e. The van der Waals surface area contributed by atoms with Crippen LogP contribution in [0, 0.1) is 11.6 Å². The molecule has 0 aliphatic heterocycles. The molecule has 0 aliphatic rings. The fourth-order valence-corrected chi connectivity index (χ4v) is 2.57. The van der Waals surface area contributed by atoms with Gasteiger partial charge in [0.1, 0.15) is 17.2 Å². The molecular weight excluding hydrogens is 300 g/mol. The van der Waals surface area contributed by atoms with Gasteiger partial charge in [-0.05, 0) is 24.6 Å². The van der Waals surface area contributed by atoms with E-state index in [0.717, 1.165) is 28.6 Å². The first-order valence-electron chi connectivity index (χ1n) is 7.26. The van der Waals surface area contributed by atoms with Crippen molar-refractivity contribution >= 4 is 10.9 Å². The number of H-pyrrole nitrogens is 1. The minimum Gasteiger partial charge on any atom is -0.384 e. The number of nitrogens with zero attached hydrogens (tertiary/aromatic N) is 1. The molecule has 3 rings (SSSR count). The summed E-state index contributed by atoms with van der Waals surface area (Å²) in [4.78, 5) is 0. The number of aliphatic hydroxyl groups is 1. The summed E-state index contributed by atoms with van der Waals surface area (Å²) < 4.78 is 26.8. The second kappa shape index (κ2) is 6.06. The Morgan fingerprint density at radius 2 is 2.04 bits per heavy atom. The number of rotatable bonds is 5. The van der Waals surface area contributed by atoms with Gasteiger partial charge in [0.05, 0.1) is 11.7 Å². The van der Waals surface area contributed by atoms with Crippen molar-refractivity contribution < 1.29 is 13.9 Å². The predicted octanol–water partition coefficient (Wildman–Crippen LogP) is 2.84. The van der Waals surface area contributed by atoms with E-state index in [4.69, 9.17) is 0 Å². The molecule has 23 heavy (non-hydrogen) atoms. The molecule has 0 saturated heterocycles. The van der Waals surface area contributed by atoms with Crippen molar-refractivity contribution in [2.45, 2.75) is 19.1 Å². The molecule has 120 valence electrons. The van der Waals surface area contributed by atoms with Crippen molar-refractivity contribution in [3.8, 4) is 0 Å². The minimum absolute atomic E-state index is 0.0652. The molecular formula is C17H17F2N3O. The van der Waals surface area contributed by atoms with Crippen LogP contribution in [0.4, 0.5) is 8.78 Å². The number of aromatic amines is 1. The summed E-state index contributed by atoms with van der Waals surface area (Å²) in [5.74, 6) is -1.42. The highest BCUT2D eigenvalue weighted by molar-refractivity contribution is 5.78. The third-order valence-corrected chi connectivity index (χ3v) is 3.82. The van der Waals surface area contributed by atoms with Crippen LogP contribution in [0.2, 0.25) is 0 Å². The molecule has 0 aliphatic carbocycles. The van der Waals surface area contributed by atoms with Crippen molar-refractivity contribution in [1.82, 2.24) is 15.5 Å². The standard InChI is InChI=1S/C17H17F2N3O/c1-17(23,14-5-4-13(18)7-15(14)19)10-20-8-11-2-3-12-9-21-22-16(12)6-11/h2-7,9,20,23H,8,10H2,1H3,(H,21,22). The number of nitrogens with one attached hydrogen (secondary N) is 2. The van der Waals surface area contributed by atoms with Gasteiger partial charge in [-0.1, -0.05) is 18.2 Å². The Labute approximate surface area is 132 Å². The Balaban J connectivity index is 1.66. The van der Waals surface area contributed by atoms with Gasteiger partial charge in [-0.3, -0.25) is 5.10 Å². The molecule has 0 amide bonds. The lowest BCUT2D eigenvalue weighted by molar-refractivity contribution is 0.0528. The van der Waals surface area contributed by atoms with Crippen LogP contribution in [0.1, 0.15) is 18.1 Å². The lowest BCUT2D eigenvalue weighted by Crippen LogP contribution is -2.36. The number of fused-ring (bicyclic) bond motifs is 1. The second-order valence-electron chi connectivity index (χ2n) is 5.79. The van der Waals surface area contributed by atoms with E-state index in [9.17, 15) is 13.9 Å². The molecule has 3 aromatic rings. The first-order valence-corrected chi connectivity index (χ1v) is 7.26. The Morgan fingerprint density at radius 3 is 2.83 bits per heavy atom. The molecule has 0 fully saturated rings. The molecule has 0 spiro atoms. The Hall–Kier alpha value is -2.31. The molecule has 1 atom stereocenters. The summed E-state index contributed by atoms with van der Waals surface area (Å²) in [6.07, 6.45) is 1.74. The summed E-state index contributed by atoms with van der Waals surface area (Å²) in [5.41, 5.74) is 0.573. The van der Waals surface area contributed by atoms with Crippen molar-refractivity contribution in [3.63, 3.8) is 0 Å². The van der Waals surface area contributed by atoms with Crippen molar-refractivity contribution in [3.05, 3.63) is 65.4 Å². The van der Waals surface area contributed by atoms with Gasteiger partial charge in [0.25, 0.3) is 0 Å². The number of aromatic nitrogens is 2. The van der Waals surface area contributed by atoms with Gasteiger partial charge in [0, 0.05) is 30.1 Å². The molecule has 2 aromatic carbocycles. The average Bonchev–Trinajstić information content (AvgIpc) is 2.94. The first kappa shape index (κ1) is 15.6. The summed E-state index contributed by atoms with van der Waals surface area (Å²) in [6.45, 7) is 2.14. The number of hydrogen-bond donors (Lipinski definition) is 3. The molecule has 0 saturated carbocycles. The van der Waals surface area contributed by atoms with Gasteiger partial charge in [-0.25, -0.2) is 8.78 Å². The van der Waals surface area contributed by atoms with Crippen LogP contribution in [0.25, 0.3) is 10.9 Å². The second-order valence-corrected chi connectivity index (χ2v) is 5.79.